The zero-order valence-corrected chi connectivity index (χ0v) is 14.1. The van der Waals surface area contributed by atoms with Crippen LogP contribution in [-0.4, -0.2) is 28.6 Å². The first-order valence-corrected chi connectivity index (χ1v) is 9.11. The molecule has 0 atom stereocenters. The first kappa shape index (κ1) is 16.7. The SMILES string of the molecule is CCO[Si](OCC)(OCC)c1ccc(C)cc1CS. The van der Waals surface area contributed by atoms with Gasteiger partial charge in [-0.1, -0.05) is 23.8 Å². The molecule has 19 heavy (non-hydrogen) atoms. The fourth-order valence-corrected chi connectivity index (χ4v) is 5.19. The van der Waals surface area contributed by atoms with Crippen molar-refractivity contribution in [2.75, 3.05) is 19.8 Å². The van der Waals surface area contributed by atoms with Gasteiger partial charge in [-0.25, -0.2) is 0 Å². The smallest absolute Gasteiger partial charge is 0.370 e. The van der Waals surface area contributed by atoms with E-state index in [1.165, 1.54) is 5.56 Å². The van der Waals surface area contributed by atoms with Gasteiger partial charge in [-0.15, -0.1) is 0 Å². The average Bonchev–Trinajstić information content (AvgIpc) is 2.39. The molecule has 0 aliphatic carbocycles. The summed E-state index contributed by atoms with van der Waals surface area (Å²) in [5.74, 6) is 0.652. The number of aryl methyl sites for hydroxylation is 1. The van der Waals surface area contributed by atoms with Gasteiger partial charge in [-0.3, -0.25) is 0 Å². The Morgan fingerprint density at radius 1 is 1.00 bits per heavy atom. The highest BCUT2D eigenvalue weighted by molar-refractivity contribution is 7.79. The Balaban J connectivity index is 3.28. The van der Waals surface area contributed by atoms with E-state index in [0.29, 0.717) is 25.6 Å². The summed E-state index contributed by atoms with van der Waals surface area (Å²) in [5, 5.41) is 1.04. The molecule has 0 aliphatic rings. The van der Waals surface area contributed by atoms with Gasteiger partial charge in [0.15, 0.2) is 0 Å². The lowest BCUT2D eigenvalue weighted by molar-refractivity contribution is 0.0858. The van der Waals surface area contributed by atoms with Crippen LogP contribution < -0.4 is 5.19 Å². The molecular weight excluding hydrogens is 276 g/mol. The second-order valence-corrected chi connectivity index (χ2v) is 7.01. The number of hydrogen-bond donors (Lipinski definition) is 1. The molecule has 0 heterocycles. The summed E-state index contributed by atoms with van der Waals surface area (Å²) in [4.78, 5) is 0. The summed E-state index contributed by atoms with van der Waals surface area (Å²) < 4.78 is 17.8. The van der Waals surface area contributed by atoms with Crippen LogP contribution in [0.4, 0.5) is 0 Å². The maximum absolute atomic E-state index is 5.94. The van der Waals surface area contributed by atoms with Crippen LogP contribution in [0.1, 0.15) is 31.9 Å². The Morgan fingerprint density at radius 3 is 1.95 bits per heavy atom. The van der Waals surface area contributed by atoms with Gasteiger partial charge in [0.25, 0.3) is 0 Å². The van der Waals surface area contributed by atoms with Gasteiger partial charge in [-0.05, 0) is 33.3 Å². The van der Waals surface area contributed by atoms with Crippen LogP contribution >= 0.6 is 12.6 Å². The highest BCUT2D eigenvalue weighted by atomic mass is 32.1. The molecule has 0 amide bonds. The van der Waals surface area contributed by atoms with Gasteiger partial charge in [-0.2, -0.15) is 12.6 Å². The van der Waals surface area contributed by atoms with E-state index < -0.39 is 8.80 Å². The molecule has 1 aromatic rings. The second kappa shape index (κ2) is 8.07. The lowest BCUT2D eigenvalue weighted by Gasteiger charge is -2.30. The highest BCUT2D eigenvalue weighted by Gasteiger charge is 2.44. The zero-order valence-electron chi connectivity index (χ0n) is 12.2. The van der Waals surface area contributed by atoms with Crippen molar-refractivity contribution in [3.63, 3.8) is 0 Å². The molecule has 0 radical (unpaired) electrons. The molecule has 0 aliphatic heterocycles. The first-order valence-electron chi connectivity index (χ1n) is 6.76. The highest BCUT2D eigenvalue weighted by Crippen LogP contribution is 2.16. The molecule has 1 rings (SSSR count). The van der Waals surface area contributed by atoms with Crippen molar-refractivity contribution in [1.29, 1.82) is 0 Å². The maximum atomic E-state index is 5.94. The lowest BCUT2D eigenvalue weighted by Crippen LogP contribution is -2.58. The predicted molar refractivity (Wildman–Crippen MR) is 84.1 cm³/mol. The standard InChI is InChI=1S/C14H24O3SSi/c1-5-15-19(16-6-2,17-7-3)14-9-8-12(4)10-13(14)11-18/h8-10,18H,5-7,11H2,1-4H3. The topological polar surface area (TPSA) is 27.7 Å². The van der Waals surface area contributed by atoms with Gasteiger partial charge < -0.3 is 13.3 Å². The fourth-order valence-electron chi connectivity index (χ4n) is 2.08. The molecule has 0 saturated heterocycles. The second-order valence-electron chi connectivity index (χ2n) is 4.17. The van der Waals surface area contributed by atoms with E-state index >= 15 is 0 Å². The third-order valence-corrected chi connectivity index (χ3v) is 6.26. The Kier molecular flexibility index (Phi) is 7.10. The van der Waals surface area contributed by atoms with Gasteiger partial charge in [0.05, 0.1) is 0 Å². The summed E-state index contributed by atoms with van der Waals surface area (Å²) in [6.45, 7) is 9.70. The number of benzene rings is 1. The Labute approximate surface area is 123 Å². The summed E-state index contributed by atoms with van der Waals surface area (Å²) in [6, 6.07) is 6.26. The van der Waals surface area contributed by atoms with Gasteiger partial charge >= 0.3 is 8.80 Å². The molecule has 3 nitrogen and oxygen atoms in total. The van der Waals surface area contributed by atoms with Crippen LogP contribution in [0, 0.1) is 6.92 Å². The molecule has 0 bridgehead atoms. The molecule has 0 unspecified atom stereocenters. The predicted octanol–water partition coefficient (Wildman–Crippen LogP) is 2.68. The van der Waals surface area contributed by atoms with Crippen molar-refractivity contribution in [2.24, 2.45) is 0 Å². The number of rotatable bonds is 8. The molecule has 108 valence electrons. The van der Waals surface area contributed by atoms with Crippen LogP contribution in [0.15, 0.2) is 18.2 Å². The van der Waals surface area contributed by atoms with Crippen molar-refractivity contribution in [3.05, 3.63) is 29.3 Å². The molecule has 1 aromatic carbocycles. The molecule has 5 heteroatoms. The van der Waals surface area contributed by atoms with Gasteiger partial charge in [0.1, 0.15) is 0 Å². The van der Waals surface area contributed by atoms with Crippen molar-refractivity contribution in [3.8, 4) is 0 Å². The van der Waals surface area contributed by atoms with Crippen LogP contribution in [-0.2, 0) is 19.0 Å². The minimum Gasteiger partial charge on any atom is -0.370 e. The van der Waals surface area contributed by atoms with E-state index in [0.717, 1.165) is 10.8 Å². The third-order valence-electron chi connectivity index (χ3n) is 2.76. The molecule has 0 saturated carbocycles. The van der Waals surface area contributed by atoms with E-state index in [1.807, 2.05) is 20.8 Å². The molecular formula is C14H24O3SSi. The summed E-state index contributed by atoms with van der Waals surface area (Å²) in [5.41, 5.74) is 2.34. The Morgan fingerprint density at radius 2 is 1.53 bits per heavy atom. The summed E-state index contributed by atoms with van der Waals surface area (Å²) in [6.07, 6.45) is 0. The van der Waals surface area contributed by atoms with Crippen LogP contribution in [0.5, 0.6) is 0 Å². The normalized spacial score (nSPS) is 11.8. The first-order chi connectivity index (χ1) is 9.13. The van der Waals surface area contributed by atoms with Crippen molar-refractivity contribution in [1.82, 2.24) is 0 Å². The van der Waals surface area contributed by atoms with Crippen molar-refractivity contribution >= 4 is 26.6 Å². The van der Waals surface area contributed by atoms with Crippen molar-refractivity contribution < 1.29 is 13.3 Å². The van der Waals surface area contributed by atoms with Crippen molar-refractivity contribution in [2.45, 2.75) is 33.4 Å². The average molecular weight is 300 g/mol. The fraction of sp³-hybridized carbons (Fsp3) is 0.571. The summed E-state index contributed by atoms with van der Waals surface area (Å²) >= 11 is 4.42. The van der Waals surface area contributed by atoms with E-state index in [-0.39, 0.29) is 0 Å². The Bertz CT molecular complexity index is 381. The van der Waals surface area contributed by atoms with Crippen LogP contribution in [0.3, 0.4) is 0 Å². The quantitative estimate of drug-likeness (QED) is 0.591. The van der Waals surface area contributed by atoms with E-state index in [4.69, 9.17) is 13.3 Å². The van der Waals surface area contributed by atoms with Gasteiger partial charge in [0.2, 0.25) is 0 Å². The van der Waals surface area contributed by atoms with E-state index in [9.17, 15) is 0 Å². The van der Waals surface area contributed by atoms with Crippen LogP contribution in [0.25, 0.3) is 0 Å². The van der Waals surface area contributed by atoms with E-state index in [1.54, 1.807) is 0 Å². The van der Waals surface area contributed by atoms with E-state index in [2.05, 4.69) is 37.8 Å². The molecule has 0 aromatic heterocycles. The Hall–Kier alpha value is -0.333. The zero-order chi connectivity index (χ0) is 14.3. The number of hydrogen-bond acceptors (Lipinski definition) is 4. The summed E-state index contributed by atoms with van der Waals surface area (Å²) in [7, 11) is -2.81. The van der Waals surface area contributed by atoms with Gasteiger partial charge in [0, 0.05) is 30.8 Å². The third kappa shape index (κ3) is 4.06. The largest absolute Gasteiger partial charge is 0.537 e. The molecule has 0 fully saturated rings. The molecule has 0 N–H and O–H groups in total. The van der Waals surface area contributed by atoms with Crippen LogP contribution in [0.2, 0.25) is 0 Å². The monoisotopic (exact) mass is 300 g/mol. The maximum Gasteiger partial charge on any atom is 0.537 e. The number of thiol groups is 1. The minimum atomic E-state index is -2.81. The lowest BCUT2D eigenvalue weighted by atomic mass is 10.2. The minimum absolute atomic E-state index is 0.576. The molecule has 0 spiro atoms.